The maximum atomic E-state index is 13.7. The van der Waals surface area contributed by atoms with Crippen LogP contribution in [0.2, 0.25) is 0 Å². The van der Waals surface area contributed by atoms with Gasteiger partial charge in [0.1, 0.15) is 11.6 Å². The third kappa shape index (κ3) is 1.79. The van der Waals surface area contributed by atoms with Crippen molar-refractivity contribution < 1.29 is 9.50 Å². The molecule has 0 atom stereocenters. The Hall–Kier alpha value is -1.84. The van der Waals surface area contributed by atoms with Crippen LogP contribution in [0.15, 0.2) is 24.3 Å². The topological polar surface area (TPSA) is 38.0 Å². The zero-order valence-corrected chi connectivity index (χ0v) is 9.36. The van der Waals surface area contributed by atoms with E-state index in [2.05, 4.69) is 5.10 Å². The maximum absolute atomic E-state index is 13.7. The Labute approximate surface area is 98.5 Å². The lowest BCUT2D eigenvalue weighted by Gasteiger charge is -2.11. The first-order valence-corrected chi connectivity index (χ1v) is 5.79. The van der Waals surface area contributed by atoms with Gasteiger partial charge in [0.05, 0.1) is 5.69 Å². The first kappa shape index (κ1) is 10.3. The molecule has 2 heterocycles. The second-order valence-corrected chi connectivity index (χ2v) is 4.37. The van der Waals surface area contributed by atoms with Gasteiger partial charge in [-0.25, -0.2) is 4.39 Å². The van der Waals surface area contributed by atoms with Crippen molar-refractivity contribution in [3.63, 3.8) is 0 Å². The van der Waals surface area contributed by atoms with E-state index in [0.717, 1.165) is 25.5 Å². The molecule has 2 aromatic rings. The third-order valence-corrected chi connectivity index (χ3v) is 3.14. The number of hydrogen-bond acceptors (Lipinski definition) is 2. The molecule has 3 rings (SSSR count). The summed E-state index contributed by atoms with van der Waals surface area (Å²) >= 11 is 0. The molecule has 0 fully saturated rings. The molecule has 0 bridgehead atoms. The molecule has 1 aliphatic heterocycles. The summed E-state index contributed by atoms with van der Waals surface area (Å²) in [5, 5.41) is 13.6. The number of halogens is 1. The second kappa shape index (κ2) is 3.87. The summed E-state index contributed by atoms with van der Waals surface area (Å²) in [7, 11) is 0. The predicted octanol–water partition coefficient (Wildman–Crippen LogP) is 2.73. The van der Waals surface area contributed by atoms with Crippen LogP contribution in [-0.2, 0) is 13.0 Å². The van der Waals surface area contributed by atoms with Crippen molar-refractivity contribution in [1.82, 2.24) is 9.78 Å². The Morgan fingerprint density at radius 3 is 2.88 bits per heavy atom. The second-order valence-electron chi connectivity index (χ2n) is 4.37. The Morgan fingerprint density at radius 1 is 1.24 bits per heavy atom. The molecule has 0 aliphatic carbocycles. The molecule has 0 saturated carbocycles. The number of phenols is 1. The summed E-state index contributed by atoms with van der Waals surface area (Å²) in [6.07, 6.45) is 3.31. The van der Waals surface area contributed by atoms with Crippen molar-refractivity contribution in [3.8, 4) is 17.0 Å². The van der Waals surface area contributed by atoms with Gasteiger partial charge < -0.3 is 5.11 Å². The van der Waals surface area contributed by atoms with E-state index in [1.807, 2.05) is 10.7 Å². The molecule has 1 aliphatic rings. The summed E-state index contributed by atoms with van der Waals surface area (Å²) < 4.78 is 15.6. The lowest BCUT2D eigenvalue weighted by Crippen LogP contribution is -2.10. The van der Waals surface area contributed by atoms with Gasteiger partial charge in [0.15, 0.2) is 0 Å². The average molecular weight is 232 g/mol. The molecule has 0 unspecified atom stereocenters. The Balaban J connectivity index is 2.06. The smallest absolute Gasteiger partial charge is 0.136 e. The Morgan fingerprint density at radius 2 is 2.12 bits per heavy atom. The van der Waals surface area contributed by atoms with E-state index in [1.54, 1.807) is 6.07 Å². The molecule has 17 heavy (non-hydrogen) atoms. The molecule has 4 heteroatoms. The van der Waals surface area contributed by atoms with Gasteiger partial charge in [0.2, 0.25) is 0 Å². The first-order valence-electron chi connectivity index (χ1n) is 5.79. The minimum absolute atomic E-state index is 0.0600. The molecule has 88 valence electrons. The van der Waals surface area contributed by atoms with Crippen molar-refractivity contribution in [3.05, 3.63) is 35.8 Å². The lowest BCUT2D eigenvalue weighted by atomic mass is 10.1. The predicted molar refractivity (Wildman–Crippen MR) is 62.2 cm³/mol. The standard InChI is InChI=1S/C13H13FN2O/c14-12-8-10(17)4-5-11(12)13-7-9-3-1-2-6-16(9)15-13/h4-5,7-8,17H,1-3,6H2. The van der Waals surface area contributed by atoms with Crippen molar-refractivity contribution in [1.29, 1.82) is 0 Å². The molecular weight excluding hydrogens is 219 g/mol. The van der Waals surface area contributed by atoms with E-state index in [0.29, 0.717) is 11.3 Å². The summed E-state index contributed by atoms with van der Waals surface area (Å²) in [6.45, 7) is 0.912. The van der Waals surface area contributed by atoms with Crippen LogP contribution in [0.25, 0.3) is 11.3 Å². The maximum Gasteiger partial charge on any atom is 0.136 e. The highest BCUT2D eigenvalue weighted by Crippen LogP contribution is 2.27. The van der Waals surface area contributed by atoms with Crippen molar-refractivity contribution >= 4 is 0 Å². The largest absolute Gasteiger partial charge is 0.508 e. The molecular formula is C13H13FN2O. The van der Waals surface area contributed by atoms with Crippen molar-refractivity contribution in [2.75, 3.05) is 0 Å². The number of aromatic nitrogens is 2. The molecule has 1 N–H and O–H groups in total. The minimum Gasteiger partial charge on any atom is -0.508 e. The number of aryl methyl sites for hydroxylation is 2. The third-order valence-electron chi connectivity index (χ3n) is 3.14. The molecule has 0 amide bonds. The van der Waals surface area contributed by atoms with Crippen LogP contribution < -0.4 is 0 Å². The van der Waals surface area contributed by atoms with Crippen LogP contribution in [0, 0.1) is 5.82 Å². The van der Waals surface area contributed by atoms with E-state index in [1.165, 1.54) is 18.2 Å². The molecule has 1 aromatic carbocycles. The van der Waals surface area contributed by atoms with Crippen LogP contribution in [-0.4, -0.2) is 14.9 Å². The van der Waals surface area contributed by atoms with E-state index in [-0.39, 0.29) is 5.75 Å². The highest BCUT2D eigenvalue weighted by atomic mass is 19.1. The summed E-state index contributed by atoms with van der Waals surface area (Å²) in [4.78, 5) is 0. The summed E-state index contributed by atoms with van der Waals surface area (Å²) in [5.41, 5.74) is 2.27. The van der Waals surface area contributed by atoms with Crippen LogP contribution in [0.4, 0.5) is 4.39 Å². The van der Waals surface area contributed by atoms with Crippen LogP contribution in [0.5, 0.6) is 5.75 Å². The average Bonchev–Trinajstić information content (AvgIpc) is 2.72. The highest BCUT2D eigenvalue weighted by molar-refractivity contribution is 5.61. The van der Waals surface area contributed by atoms with E-state index in [4.69, 9.17) is 0 Å². The normalized spacial score (nSPS) is 14.6. The SMILES string of the molecule is Oc1ccc(-c2cc3n(n2)CCCC3)c(F)c1. The molecule has 3 nitrogen and oxygen atoms in total. The Kier molecular flexibility index (Phi) is 2.35. The van der Waals surface area contributed by atoms with Gasteiger partial charge in [-0.2, -0.15) is 5.10 Å². The van der Waals surface area contributed by atoms with Gasteiger partial charge in [0, 0.05) is 23.9 Å². The van der Waals surface area contributed by atoms with Gasteiger partial charge in [-0.05, 0) is 37.5 Å². The monoisotopic (exact) mass is 232 g/mol. The highest BCUT2D eigenvalue weighted by Gasteiger charge is 2.15. The quantitative estimate of drug-likeness (QED) is 0.821. The van der Waals surface area contributed by atoms with Gasteiger partial charge in [-0.3, -0.25) is 4.68 Å². The number of rotatable bonds is 1. The fourth-order valence-corrected chi connectivity index (χ4v) is 2.26. The summed E-state index contributed by atoms with van der Waals surface area (Å²) in [5.74, 6) is -0.490. The number of fused-ring (bicyclic) bond motifs is 1. The number of hydrogen-bond donors (Lipinski definition) is 1. The minimum atomic E-state index is -0.430. The van der Waals surface area contributed by atoms with E-state index < -0.39 is 5.82 Å². The number of phenolic OH excluding ortho intramolecular Hbond substituents is 1. The lowest BCUT2D eigenvalue weighted by molar-refractivity contribution is 0.469. The number of benzene rings is 1. The van der Waals surface area contributed by atoms with Crippen LogP contribution in [0.3, 0.4) is 0 Å². The number of aromatic hydroxyl groups is 1. The van der Waals surface area contributed by atoms with E-state index >= 15 is 0 Å². The number of nitrogens with zero attached hydrogens (tertiary/aromatic N) is 2. The fraction of sp³-hybridized carbons (Fsp3) is 0.308. The Bertz CT molecular complexity index is 539. The van der Waals surface area contributed by atoms with Gasteiger partial charge in [-0.1, -0.05) is 0 Å². The first-order chi connectivity index (χ1) is 8.24. The van der Waals surface area contributed by atoms with Crippen molar-refractivity contribution in [2.24, 2.45) is 0 Å². The van der Waals surface area contributed by atoms with Gasteiger partial charge in [0.25, 0.3) is 0 Å². The zero-order chi connectivity index (χ0) is 11.8. The van der Waals surface area contributed by atoms with E-state index in [9.17, 15) is 9.50 Å². The van der Waals surface area contributed by atoms with Crippen molar-refractivity contribution in [2.45, 2.75) is 25.8 Å². The molecule has 0 spiro atoms. The zero-order valence-electron chi connectivity index (χ0n) is 9.36. The van der Waals surface area contributed by atoms with Crippen LogP contribution >= 0.6 is 0 Å². The van der Waals surface area contributed by atoms with Gasteiger partial charge in [-0.15, -0.1) is 0 Å². The van der Waals surface area contributed by atoms with Crippen LogP contribution in [0.1, 0.15) is 18.5 Å². The molecule has 0 saturated heterocycles. The van der Waals surface area contributed by atoms with Gasteiger partial charge >= 0.3 is 0 Å². The summed E-state index contributed by atoms with van der Waals surface area (Å²) in [6, 6.07) is 6.11. The molecule has 1 aromatic heterocycles. The fourth-order valence-electron chi connectivity index (χ4n) is 2.26. The molecule has 0 radical (unpaired) electrons.